The number of nitrogens with zero attached hydrogens (tertiary/aromatic N) is 4. The third-order valence-corrected chi connectivity index (χ3v) is 11.8. The molecular weight excluding hydrogens is 610 g/mol. The second-order valence-electron chi connectivity index (χ2n) is 11.0. The van der Waals surface area contributed by atoms with E-state index in [1.165, 1.54) is 29.8 Å². The molecule has 6 rings (SSSR count). The zero-order valence-corrected chi connectivity index (χ0v) is 26.1. The first kappa shape index (κ1) is 29.8. The van der Waals surface area contributed by atoms with Gasteiger partial charge in [0, 0.05) is 40.5 Å². The third-order valence-electron chi connectivity index (χ3n) is 8.21. The van der Waals surface area contributed by atoms with Crippen LogP contribution in [0.15, 0.2) is 94.5 Å². The molecule has 3 unspecified atom stereocenters. The normalized spacial score (nSPS) is 23.3. The van der Waals surface area contributed by atoms with Crippen LogP contribution in [0.4, 0.5) is 8.78 Å². The van der Waals surface area contributed by atoms with Gasteiger partial charge in [-0.25, -0.2) is 21.9 Å². The Balaban J connectivity index is 1.51. The predicted octanol–water partition coefficient (Wildman–Crippen LogP) is 7.71. The second kappa shape index (κ2) is 11.7. The number of allylic oxidation sites excluding steroid dienone is 2. The maximum atomic E-state index is 14.3. The molecule has 0 saturated carbocycles. The lowest BCUT2D eigenvalue weighted by Crippen LogP contribution is -2.39. The van der Waals surface area contributed by atoms with E-state index in [9.17, 15) is 17.2 Å². The van der Waals surface area contributed by atoms with Gasteiger partial charge < -0.3 is 4.90 Å². The lowest BCUT2D eigenvalue weighted by atomic mass is 9.91. The summed E-state index contributed by atoms with van der Waals surface area (Å²) in [6.07, 6.45) is 4.98. The number of fused-ring (bicyclic) bond motifs is 1. The fourth-order valence-electron chi connectivity index (χ4n) is 6.08. The largest absolute Gasteiger partial charge is 0.332 e. The summed E-state index contributed by atoms with van der Waals surface area (Å²) in [5.74, 6) is -0.00907. The fourth-order valence-corrected chi connectivity index (χ4v) is 9.07. The summed E-state index contributed by atoms with van der Waals surface area (Å²) in [4.78, 5) is 7.58. The maximum absolute atomic E-state index is 14.3. The summed E-state index contributed by atoms with van der Waals surface area (Å²) in [6.45, 7) is 7.65. The molecule has 43 heavy (non-hydrogen) atoms. The Kier molecular flexibility index (Phi) is 8.12. The van der Waals surface area contributed by atoms with Gasteiger partial charge in [0.05, 0.1) is 21.1 Å². The SMILES string of the molecule is C=CC([C@H]1CC2=C(c3ccn(C(C)F)n3)[C@H](c3ccc(F)cc3Cl)N=C(C3CC=CS3)N2C1)S(=O)(=O)c1ccc(C)cc1. The Labute approximate surface area is 259 Å². The van der Waals surface area contributed by atoms with Crippen molar-refractivity contribution >= 4 is 44.6 Å². The number of rotatable bonds is 8. The number of amidine groups is 1. The predicted molar refractivity (Wildman–Crippen MR) is 169 cm³/mol. The van der Waals surface area contributed by atoms with Crippen molar-refractivity contribution in [1.29, 1.82) is 0 Å². The minimum Gasteiger partial charge on any atom is -0.332 e. The van der Waals surface area contributed by atoms with Crippen LogP contribution in [0.1, 0.15) is 48.9 Å². The van der Waals surface area contributed by atoms with E-state index in [0.717, 1.165) is 23.5 Å². The van der Waals surface area contributed by atoms with E-state index < -0.39 is 33.2 Å². The van der Waals surface area contributed by atoms with Crippen LogP contribution < -0.4 is 0 Å². The molecule has 0 bridgehead atoms. The van der Waals surface area contributed by atoms with Gasteiger partial charge in [0.15, 0.2) is 16.1 Å². The van der Waals surface area contributed by atoms with Gasteiger partial charge in [0.1, 0.15) is 17.7 Å². The van der Waals surface area contributed by atoms with Crippen LogP contribution >= 0.6 is 23.4 Å². The topological polar surface area (TPSA) is 67.6 Å². The molecule has 224 valence electrons. The summed E-state index contributed by atoms with van der Waals surface area (Å²) in [5.41, 5.74) is 3.63. The van der Waals surface area contributed by atoms with Crippen molar-refractivity contribution in [1.82, 2.24) is 14.7 Å². The van der Waals surface area contributed by atoms with Crippen LogP contribution in [0.3, 0.4) is 0 Å². The molecule has 1 fully saturated rings. The highest BCUT2D eigenvalue weighted by atomic mass is 35.5. The number of benzene rings is 2. The summed E-state index contributed by atoms with van der Waals surface area (Å²) < 4.78 is 57.5. The average Bonchev–Trinajstić information content (AvgIpc) is 3.74. The number of hydrogen-bond acceptors (Lipinski definition) is 6. The van der Waals surface area contributed by atoms with Gasteiger partial charge in [-0.2, -0.15) is 5.10 Å². The highest BCUT2D eigenvalue weighted by Crippen LogP contribution is 2.49. The van der Waals surface area contributed by atoms with Crippen LogP contribution in [0.25, 0.3) is 5.57 Å². The summed E-state index contributed by atoms with van der Waals surface area (Å²) in [6, 6.07) is 12.2. The van der Waals surface area contributed by atoms with E-state index >= 15 is 0 Å². The standard InChI is InChI=1S/C32H31ClF2N4O2S2/c1-4-29(43(40,41)23-10-7-19(2)8-11-23)21-16-27-30(26-13-14-39(37-26)20(3)34)31(24-12-9-22(35)17-25(24)33)36-32(38(27)18-21)28-6-5-15-42-28/h4-5,7-15,17,20-21,28-29,31H,1,6,16,18H2,2-3H3/t20?,21-,28?,29?,31-/m0/s1. The molecule has 0 spiro atoms. The zero-order valence-electron chi connectivity index (χ0n) is 23.7. The molecule has 4 heterocycles. The fraction of sp³-hybridized carbons (Fsp3) is 0.312. The van der Waals surface area contributed by atoms with Gasteiger partial charge in [-0.05, 0) is 62.4 Å². The Morgan fingerprint density at radius 2 is 1.95 bits per heavy atom. The number of aryl methyl sites for hydroxylation is 1. The summed E-state index contributed by atoms with van der Waals surface area (Å²) >= 11 is 8.27. The van der Waals surface area contributed by atoms with Gasteiger partial charge in [-0.15, -0.1) is 18.3 Å². The van der Waals surface area contributed by atoms with Crippen molar-refractivity contribution in [2.24, 2.45) is 10.9 Å². The lowest BCUT2D eigenvalue weighted by Gasteiger charge is -2.35. The number of aliphatic imine (C=N–C) groups is 1. The van der Waals surface area contributed by atoms with Crippen LogP contribution in [0, 0.1) is 18.7 Å². The molecule has 1 aromatic heterocycles. The third kappa shape index (κ3) is 5.49. The van der Waals surface area contributed by atoms with E-state index in [-0.39, 0.29) is 21.1 Å². The summed E-state index contributed by atoms with van der Waals surface area (Å²) in [7, 11) is -3.75. The van der Waals surface area contributed by atoms with Crippen molar-refractivity contribution in [2.45, 2.75) is 54.4 Å². The molecule has 0 amide bonds. The molecule has 3 aromatic rings. The Bertz CT molecular complexity index is 1760. The van der Waals surface area contributed by atoms with Crippen molar-refractivity contribution in [2.75, 3.05) is 6.54 Å². The Morgan fingerprint density at radius 3 is 2.58 bits per heavy atom. The van der Waals surface area contributed by atoms with Crippen molar-refractivity contribution in [3.05, 3.63) is 112 Å². The molecule has 0 aliphatic carbocycles. The first-order valence-corrected chi connectivity index (χ1v) is 16.9. The van der Waals surface area contributed by atoms with E-state index in [4.69, 9.17) is 16.6 Å². The highest BCUT2D eigenvalue weighted by Gasteiger charge is 2.46. The van der Waals surface area contributed by atoms with Crippen molar-refractivity contribution in [3.63, 3.8) is 0 Å². The minimum atomic E-state index is -3.75. The van der Waals surface area contributed by atoms with Crippen LogP contribution in [0.5, 0.6) is 0 Å². The molecule has 0 N–H and O–H groups in total. The zero-order chi connectivity index (χ0) is 30.5. The second-order valence-corrected chi connectivity index (χ2v) is 14.7. The number of halogens is 3. The maximum Gasteiger partial charge on any atom is 0.188 e. The molecule has 6 nitrogen and oxygen atoms in total. The Hall–Kier alpha value is -3.21. The average molecular weight is 641 g/mol. The molecule has 5 atom stereocenters. The van der Waals surface area contributed by atoms with Gasteiger partial charge in [0.2, 0.25) is 0 Å². The van der Waals surface area contributed by atoms with Gasteiger partial charge in [-0.1, -0.05) is 47.5 Å². The van der Waals surface area contributed by atoms with Gasteiger partial charge in [0.25, 0.3) is 0 Å². The molecular formula is C32H31ClF2N4O2S2. The van der Waals surface area contributed by atoms with Gasteiger partial charge >= 0.3 is 0 Å². The monoisotopic (exact) mass is 640 g/mol. The van der Waals surface area contributed by atoms with Gasteiger partial charge in [-0.3, -0.25) is 4.99 Å². The van der Waals surface area contributed by atoms with Crippen molar-refractivity contribution in [3.8, 4) is 0 Å². The number of sulfone groups is 1. The van der Waals surface area contributed by atoms with E-state index in [2.05, 4.69) is 22.7 Å². The highest BCUT2D eigenvalue weighted by molar-refractivity contribution is 8.03. The molecule has 3 aliphatic heterocycles. The number of hydrogen-bond donors (Lipinski definition) is 0. The van der Waals surface area contributed by atoms with Crippen LogP contribution in [-0.2, 0) is 9.84 Å². The van der Waals surface area contributed by atoms with Crippen LogP contribution in [0.2, 0.25) is 5.02 Å². The van der Waals surface area contributed by atoms with E-state index in [1.807, 2.05) is 12.3 Å². The van der Waals surface area contributed by atoms with E-state index in [1.54, 1.807) is 54.4 Å². The van der Waals surface area contributed by atoms with E-state index in [0.29, 0.717) is 29.8 Å². The minimum absolute atomic E-state index is 0.0105. The molecule has 2 aromatic carbocycles. The molecule has 11 heteroatoms. The molecule has 1 saturated heterocycles. The van der Waals surface area contributed by atoms with Crippen LogP contribution in [-0.4, -0.2) is 46.0 Å². The Morgan fingerprint density at radius 1 is 1.19 bits per heavy atom. The van der Waals surface area contributed by atoms with Crippen molar-refractivity contribution < 1.29 is 17.2 Å². The first-order valence-electron chi connectivity index (χ1n) is 14.0. The lowest BCUT2D eigenvalue weighted by molar-refractivity contribution is 0.245. The number of aromatic nitrogens is 2. The smallest absolute Gasteiger partial charge is 0.188 e. The summed E-state index contributed by atoms with van der Waals surface area (Å²) in [5, 5.41) is 5.96. The number of alkyl halides is 1. The molecule has 0 radical (unpaired) electrons. The first-order chi connectivity index (χ1) is 20.6. The molecule has 3 aliphatic rings. The number of thioether (sulfide) groups is 1. The quantitative estimate of drug-likeness (QED) is 0.236.